The van der Waals surface area contributed by atoms with E-state index in [0.29, 0.717) is 5.56 Å². The van der Waals surface area contributed by atoms with Crippen molar-refractivity contribution in [3.05, 3.63) is 29.2 Å². The summed E-state index contributed by atoms with van der Waals surface area (Å²) < 4.78 is 25.7. The molecular weight excluding hydrogens is 262 g/mol. The summed E-state index contributed by atoms with van der Waals surface area (Å²) in [5.41, 5.74) is 0.644. The van der Waals surface area contributed by atoms with E-state index in [4.69, 9.17) is 5.11 Å². The minimum atomic E-state index is -3.71. The molecular formula is C10H11NO4S2. The van der Waals surface area contributed by atoms with Crippen LogP contribution in [-0.2, 0) is 14.8 Å². The lowest BCUT2D eigenvalue weighted by Gasteiger charge is -2.20. The summed E-state index contributed by atoms with van der Waals surface area (Å²) >= 11 is 1.11. The molecule has 0 fully saturated rings. The van der Waals surface area contributed by atoms with Gasteiger partial charge in [0.1, 0.15) is 10.3 Å². The van der Waals surface area contributed by atoms with Crippen LogP contribution in [0.5, 0.6) is 0 Å². The third-order valence-electron chi connectivity index (χ3n) is 2.53. The number of sulfonamides is 1. The van der Waals surface area contributed by atoms with E-state index in [0.717, 1.165) is 15.6 Å². The van der Waals surface area contributed by atoms with E-state index >= 15 is 0 Å². The Morgan fingerprint density at radius 2 is 2.29 bits per heavy atom. The molecule has 1 unspecified atom stereocenters. The third-order valence-corrected chi connectivity index (χ3v) is 6.04. The second-order valence-corrected chi connectivity index (χ2v) is 6.68. The molecule has 0 aliphatic carbocycles. The zero-order valence-corrected chi connectivity index (χ0v) is 10.7. The summed E-state index contributed by atoms with van der Waals surface area (Å²) in [5.74, 6) is -1.16. The zero-order chi connectivity index (χ0) is 12.6. The SMILES string of the molecule is Cc1ccsc1S(=O)(=O)N1CC=CC1C(=O)O. The van der Waals surface area contributed by atoms with Gasteiger partial charge >= 0.3 is 5.97 Å². The lowest BCUT2D eigenvalue weighted by Crippen LogP contribution is -2.40. The maximum absolute atomic E-state index is 12.3. The fraction of sp³-hybridized carbons (Fsp3) is 0.300. The molecule has 0 radical (unpaired) electrons. The first-order valence-electron chi connectivity index (χ1n) is 4.90. The van der Waals surface area contributed by atoms with Crippen molar-refractivity contribution >= 4 is 27.3 Å². The summed E-state index contributed by atoms with van der Waals surface area (Å²) in [6, 6.07) is 0.609. The van der Waals surface area contributed by atoms with Gasteiger partial charge in [0.2, 0.25) is 0 Å². The largest absolute Gasteiger partial charge is 0.480 e. The van der Waals surface area contributed by atoms with Crippen LogP contribution in [0.2, 0.25) is 0 Å². The Morgan fingerprint density at radius 3 is 2.82 bits per heavy atom. The van der Waals surface area contributed by atoms with Crippen molar-refractivity contribution in [1.29, 1.82) is 0 Å². The highest BCUT2D eigenvalue weighted by Gasteiger charge is 2.37. The van der Waals surface area contributed by atoms with E-state index in [-0.39, 0.29) is 10.8 Å². The van der Waals surface area contributed by atoms with Crippen LogP contribution in [0.25, 0.3) is 0 Å². The van der Waals surface area contributed by atoms with E-state index in [1.807, 2.05) is 0 Å². The summed E-state index contributed by atoms with van der Waals surface area (Å²) in [5, 5.41) is 10.6. The normalized spacial score (nSPS) is 20.9. The zero-order valence-electron chi connectivity index (χ0n) is 9.03. The first-order chi connectivity index (χ1) is 7.94. The van der Waals surface area contributed by atoms with E-state index in [1.54, 1.807) is 24.4 Å². The smallest absolute Gasteiger partial charge is 0.326 e. The lowest BCUT2D eigenvalue weighted by molar-refractivity contribution is -0.139. The molecule has 17 heavy (non-hydrogen) atoms. The summed E-state index contributed by atoms with van der Waals surface area (Å²) in [4.78, 5) is 11.0. The molecule has 1 N–H and O–H groups in total. The molecule has 2 rings (SSSR count). The van der Waals surface area contributed by atoms with E-state index in [2.05, 4.69) is 0 Å². The molecule has 1 aliphatic rings. The van der Waals surface area contributed by atoms with Gasteiger partial charge in [0.15, 0.2) is 0 Å². The number of carboxylic acid groups (broad SMARTS) is 1. The quantitative estimate of drug-likeness (QED) is 0.836. The van der Waals surface area contributed by atoms with E-state index < -0.39 is 22.0 Å². The van der Waals surface area contributed by atoms with Crippen LogP contribution >= 0.6 is 11.3 Å². The van der Waals surface area contributed by atoms with Crippen molar-refractivity contribution in [1.82, 2.24) is 4.31 Å². The van der Waals surface area contributed by atoms with Gasteiger partial charge in [-0.25, -0.2) is 8.42 Å². The molecule has 0 aromatic carbocycles. The molecule has 0 saturated carbocycles. The van der Waals surface area contributed by atoms with Crippen molar-refractivity contribution in [3.63, 3.8) is 0 Å². The third kappa shape index (κ3) is 2.01. The van der Waals surface area contributed by atoms with Gasteiger partial charge in [0, 0.05) is 6.54 Å². The monoisotopic (exact) mass is 273 g/mol. The standard InChI is InChI=1S/C10H11NO4S2/c1-7-4-6-16-10(7)17(14,15)11-5-2-3-8(11)9(12)13/h2-4,6,8H,5H2,1H3,(H,12,13). The van der Waals surface area contributed by atoms with Gasteiger partial charge < -0.3 is 5.11 Å². The van der Waals surface area contributed by atoms with Crippen molar-refractivity contribution in [2.45, 2.75) is 17.2 Å². The maximum atomic E-state index is 12.3. The van der Waals surface area contributed by atoms with Crippen LogP contribution in [0.15, 0.2) is 27.8 Å². The second kappa shape index (κ2) is 4.25. The van der Waals surface area contributed by atoms with E-state index in [1.165, 1.54) is 6.08 Å². The van der Waals surface area contributed by atoms with Crippen molar-refractivity contribution < 1.29 is 18.3 Å². The lowest BCUT2D eigenvalue weighted by atomic mass is 10.3. The molecule has 2 heterocycles. The number of thiophene rings is 1. The van der Waals surface area contributed by atoms with Gasteiger partial charge in [-0.2, -0.15) is 4.31 Å². The highest BCUT2D eigenvalue weighted by molar-refractivity contribution is 7.91. The molecule has 0 bridgehead atoms. The fourth-order valence-electron chi connectivity index (χ4n) is 1.69. The van der Waals surface area contributed by atoms with E-state index in [9.17, 15) is 13.2 Å². The predicted octanol–water partition coefficient (Wildman–Crippen LogP) is 1.07. The average molecular weight is 273 g/mol. The minimum absolute atomic E-state index is 0.108. The number of rotatable bonds is 3. The van der Waals surface area contributed by atoms with Crippen LogP contribution in [-0.4, -0.2) is 36.4 Å². The average Bonchev–Trinajstić information content (AvgIpc) is 2.84. The maximum Gasteiger partial charge on any atom is 0.326 e. The summed E-state index contributed by atoms with van der Waals surface area (Å²) in [7, 11) is -3.71. The molecule has 1 aromatic heterocycles. The molecule has 7 heteroatoms. The Balaban J connectivity index is 2.41. The molecule has 0 spiro atoms. The first-order valence-corrected chi connectivity index (χ1v) is 7.22. The number of aryl methyl sites for hydroxylation is 1. The van der Waals surface area contributed by atoms with Crippen molar-refractivity contribution in [2.24, 2.45) is 0 Å². The molecule has 1 aliphatic heterocycles. The van der Waals surface area contributed by atoms with Gasteiger partial charge in [0.05, 0.1) is 0 Å². The number of aliphatic carboxylic acids is 1. The van der Waals surface area contributed by atoms with Crippen LogP contribution < -0.4 is 0 Å². The van der Waals surface area contributed by atoms with Gasteiger partial charge in [-0.05, 0) is 23.9 Å². The van der Waals surface area contributed by atoms with Gasteiger partial charge in [0.25, 0.3) is 10.0 Å². The summed E-state index contributed by atoms with van der Waals surface area (Å²) in [6.07, 6.45) is 2.95. The Morgan fingerprint density at radius 1 is 1.59 bits per heavy atom. The van der Waals surface area contributed by atoms with Crippen LogP contribution in [0.1, 0.15) is 5.56 Å². The number of hydrogen-bond donors (Lipinski definition) is 1. The summed E-state index contributed by atoms with van der Waals surface area (Å²) in [6.45, 7) is 1.80. The number of hydrogen-bond acceptors (Lipinski definition) is 4. The minimum Gasteiger partial charge on any atom is -0.480 e. The first kappa shape index (κ1) is 12.3. The molecule has 92 valence electrons. The Bertz CT molecular complexity index is 573. The number of carboxylic acids is 1. The van der Waals surface area contributed by atoms with Crippen LogP contribution in [0, 0.1) is 6.92 Å². The Kier molecular flexibility index (Phi) is 3.07. The molecule has 0 amide bonds. The number of nitrogens with zero attached hydrogens (tertiary/aromatic N) is 1. The van der Waals surface area contributed by atoms with Gasteiger partial charge in [-0.1, -0.05) is 12.2 Å². The predicted molar refractivity (Wildman–Crippen MR) is 63.5 cm³/mol. The van der Waals surface area contributed by atoms with Crippen molar-refractivity contribution in [2.75, 3.05) is 6.54 Å². The van der Waals surface area contributed by atoms with Crippen molar-refractivity contribution in [3.8, 4) is 0 Å². The van der Waals surface area contributed by atoms with Gasteiger partial charge in [-0.15, -0.1) is 11.3 Å². The number of carbonyl (C=O) groups is 1. The highest BCUT2D eigenvalue weighted by Crippen LogP contribution is 2.28. The molecule has 1 aromatic rings. The fourth-order valence-corrected chi connectivity index (χ4v) is 4.71. The van der Waals surface area contributed by atoms with Gasteiger partial charge in [-0.3, -0.25) is 4.79 Å². The molecule has 0 saturated heterocycles. The molecule has 5 nitrogen and oxygen atoms in total. The van der Waals surface area contributed by atoms with Crippen LogP contribution in [0.4, 0.5) is 0 Å². The Labute approximate surface area is 103 Å². The highest BCUT2D eigenvalue weighted by atomic mass is 32.2. The second-order valence-electron chi connectivity index (χ2n) is 3.68. The topological polar surface area (TPSA) is 74.7 Å². The van der Waals surface area contributed by atoms with Crippen LogP contribution in [0.3, 0.4) is 0 Å². The molecule has 1 atom stereocenters. The Hall–Kier alpha value is -1.18.